The molecular weight excluding hydrogens is 324 g/mol. The van der Waals surface area contributed by atoms with E-state index in [9.17, 15) is 14.7 Å². The first kappa shape index (κ1) is 16.8. The molecule has 2 aromatic rings. The molecule has 0 spiro atoms. The molecule has 25 heavy (non-hydrogen) atoms. The number of pyridine rings is 1. The van der Waals surface area contributed by atoms with Gasteiger partial charge in [-0.3, -0.25) is 4.79 Å². The molecule has 0 fully saturated rings. The van der Waals surface area contributed by atoms with Crippen LogP contribution in [0.5, 0.6) is 11.5 Å². The Labute approximate surface area is 144 Å². The zero-order valence-corrected chi connectivity index (χ0v) is 13.9. The minimum Gasteiger partial charge on any atom is -0.497 e. The van der Waals surface area contributed by atoms with Crippen molar-refractivity contribution in [3.63, 3.8) is 0 Å². The number of benzene rings is 1. The summed E-state index contributed by atoms with van der Waals surface area (Å²) < 4.78 is 10.8. The van der Waals surface area contributed by atoms with Gasteiger partial charge in [0.25, 0.3) is 5.91 Å². The number of aromatic carboxylic acids is 1. The van der Waals surface area contributed by atoms with Crippen LogP contribution in [0.4, 0.5) is 0 Å². The predicted octanol–water partition coefficient (Wildman–Crippen LogP) is 2.21. The third-order valence-electron chi connectivity index (χ3n) is 4.06. The molecule has 2 heterocycles. The number of hydrogen-bond acceptors (Lipinski definition) is 5. The van der Waals surface area contributed by atoms with E-state index in [1.807, 2.05) is 31.2 Å². The van der Waals surface area contributed by atoms with Crippen LogP contribution < -0.4 is 9.47 Å². The molecule has 7 heteroatoms. The fourth-order valence-corrected chi connectivity index (χ4v) is 2.68. The van der Waals surface area contributed by atoms with Crippen molar-refractivity contribution in [2.24, 2.45) is 0 Å². The highest BCUT2D eigenvalue weighted by Crippen LogP contribution is 2.26. The maximum atomic E-state index is 13.0. The predicted molar refractivity (Wildman–Crippen MR) is 89.0 cm³/mol. The highest BCUT2D eigenvalue weighted by Gasteiger charge is 2.28. The van der Waals surface area contributed by atoms with Crippen LogP contribution in [-0.2, 0) is 6.54 Å². The summed E-state index contributed by atoms with van der Waals surface area (Å²) in [6.07, 6.45) is 0. The zero-order valence-electron chi connectivity index (χ0n) is 13.9. The molecule has 1 atom stereocenters. The molecule has 1 N–H and O–H groups in total. The monoisotopic (exact) mass is 342 g/mol. The van der Waals surface area contributed by atoms with E-state index in [2.05, 4.69) is 4.98 Å². The van der Waals surface area contributed by atoms with Crippen molar-refractivity contribution in [1.29, 1.82) is 0 Å². The van der Waals surface area contributed by atoms with Crippen LogP contribution in [0.3, 0.4) is 0 Å². The maximum Gasteiger partial charge on any atom is 0.354 e. The number of nitrogens with zero attached hydrogens (tertiary/aromatic N) is 2. The molecule has 3 rings (SSSR count). The number of rotatable bonds is 3. The first-order valence-corrected chi connectivity index (χ1v) is 7.80. The Bertz CT molecular complexity index is 821. The number of carboxylic acids is 1. The molecule has 1 aliphatic rings. The molecule has 0 saturated carbocycles. The molecule has 0 aliphatic carbocycles. The Morgan fingerprint density at radius 2 is 2.00 bits per heavy atom. The molecule has 1 unspecified atom stereocenters. The van der Waals surface area contributed by atoms with Crippen molar-refractivity contribution in [1.82, 2.24) is 9.88 Å². The van der Waals surface area contributed by atoms with Gasteiger partial charge in [0, 0.05) is 17.7 Å². The van der Waals surface area contributed by atoms with Crippen LogP contribution in [0.25, 0.3) is 0 Å². The van der Waals surface area contributed by atoms with Crippen molar-refractivity contribution < 1.29 is 24.2 Å². The van der Waals surface area contributed by atoms with Crippen LogP contribution >= 0.6 is 0 Å². The quantitative estimate of drug-likeness (QED) is 0.920. The van der Waals surface area contributed by atoms with Gasteiger partial charge in [-0.25, -0.2) is 9.78 Å². The minimum atomic E-state index is -1.22. The number of amides is 1. The van der Waals surface area contributed by atoms with Gasteiger partial charge in [0.15, 0.2) is 5.69 Å². The number of carbonyl (C=O) groups excluding carboxylic acids is 1. The van der Waals surface area contributed by atoms with Crippen molar-refractivity contribution in [3.05, 3.63) is 53.3 Å². The molecule has 0 saturated heterocycles. The average Bonchev–Trinajstić information content (AvgIpc) is 2.80. The van der Waals surface area contributed by atoms with E-state index >= 15 is 0 Å². The second-order valence-electron chi connectivity index (χ2n) is 5.78. The van der Waals surface area contributed by atoms with Crippen molar-refractivity contribution >= 4 is 11.9 Å². The molecule has 1 aliphatic heterocycles. The van der Waals surface area contributed by atoms with Gasteiger partial charge >= 0.3 is 5.97 Å². The van der Waals surface area contributed by atoms with Crippen molar-refractivity contribution in [2.45, 2.75) is 19.5 Å². The second kappa shape index (κ2) is 6.80. The topological polar surface area (TPSA) is 89.0 Å². The molecule has 0 bridgehead atoms. The lowest BCUT2D eigenvalue weighted by atomic mass is 10.1. The van der Waals surface area contributed by atoms with E-state index in [1.165, 1.54) is 19.2 Å². The molecule has 130 valence electrons. The van der Waals surface area contributed by atoms with Gasteiger partial charge in [-0.15, -0.1) is 0 Å². The van der Waals surface area contributed by atoms with E-state index < -0.39 is 5.97 Å². The summed E-state index contributed by atoms with van der Waals surface area (Å²) >= 11 is 0. The fourth-order valence-electron chi connectivity index (χ4n) is 2.68. The number of ether oxygens (including phenoxy) is 2. The Morgan fingerprint density at radius 3 is 2.72 bits per heavy atom. The number of hydrogen-bond donors (Lipinski definition) is 1. The zero-order chi connectivity index (χ0) is 18.0. The lowest BCUT2D eigenvalue weighted by Gasteiger charge is -2.26. The molecule has 7 nitrogen and oxygen atoms in total. The summed E-state index contributed by atoms with van der Waals surface area (Å²) in [5.74, 6) is -0.566. The smallest absolute Gasteiger partial charge is 0.354 e. The van der Waals surface area contributed by atoms with Crippen molar-refractivity contribution in [3.8, 4) is 11.5 Å². The molecule has 1 aromatic heterocycles. The van der Waals surface area contributed by atoms with E-state index in [0.29, 0.717) is 13.2 Å². The van der Waals surface area contributed by atoms with E-state index in [0.717, 1.165) is 11.3 Å². The lowest BCUT2D eigenvalue weighted by Crippen LogP contribution is -2.40. The van der Waals surface area contributed by atoms with Gasteiger partial charge < -0.3 is 19.5 Å². The highest BCUT2D eigenvalue weighted by atomic mass is 16.5. The minimum absolute atomic E-state index is 0.0305. The fraction of sp³-hybridized carbons (Fsp3) is 0.278. The van der Waals surface area contributed by atoms with E-state index in [-0.39, 0.29) is 29.1 Å². The highest BCUT2D eigenvalue weighted by molar-refractivity contribution is 5.95. The van der Waals surface area contributed by atoms with E-state index in [4.69, 9.17) is 9.47 Å². The van der Waals surface area contributed by atoms with Gasteiger partial charge in [0.05, 0.1) is 19.7 Å². The van der Waals surface area contributed by atoms with Gasteiger partial charge in [-0.2, -0.15) is 0 Å². The number of carboxylic acid groups (broad SMARTS) is 1. The molecule has 1 aromatic carbocycles. The third kappa shape index (κ3) is 3.40. The summed E-state index contributed by atoms with van der Waals surface area (Å²) in [6.45, 7) is 2.58. The normalized spacial score (nSPS) is 16.4. The van der Waals surface area contributed by atoms with Gasteiger partial charge in [0.2, 0.25) is 0 Å². The van der Waals surface area contributed by atoms with Gasteiger partial charge in [0.1, 0.15) is 23.8 Å². The number of carbonyl (C=O) groups is 2. The number of fused-ring (bicyclic) bond motifs is 1. The molecule has 1 amide bonds. The SMILES string of the molecule is COc1cc(C(=O)O)nc(C(=O)N2Cc3ccccc3OCC2C)c1. The Balaban J connectivity index is 1.97. The second-order valence-corrected chi connectivity index (χ2v) is 5.78. The van der Waals surface area contributed by atoms with E-state index in [1.54, 1.807) is 4.90 Å². The van der Waals surface area contributed by atoms with Crippen LogP contribution in [0.15, 0.2) is 36.4 Å². The average molecular weight is 342 g/mol. The summed E-state index contributed by atoms with van der Waals surface area (Å²) in [5, 5.41) is 9.19. The Kier molecular flexibility index (Phi) is 4.56. The first-order valence-electron chi connectivity index (χ1n) is 7.80. The third-order valence-corrected chi connectivity index (χ3v) is 4.06. The Hall–Kier alpha value is -3.09. The summed E-state index contributed by atoms with van der Waals surface area (Å²) in [5.41, 5.74) is 0.686. The van der Waals surface area contributed by atoms with Crippen molar-refractivity contribution in [2.75, 3.05) is 13.7 Å². The van der Waals surface area contributed by atoms with Crippen LogP contribution in [0.2, 0.25) is 0 Å². The summed E-state index contributed by atoms with van der Waals surface area (Å²) in [7, 11) is 1.41. The Morgan fingerprint density at radius 1 is 1.28 bits per heavy atom. The van der Waals surface area contributed by atoms with Crippen LogP contribution in [-0.4, -0.2) is 46.6 Å². The first-order chi connectivity index (χ1) is 12.0. The summed E-state index contributed by atoms with van der Waals surface area (Å²) in [4.78, 5) is 29.8. The molecule has 0 radical (unpaired) electrons. The molecular formula is C18H18N2O5. The number of methoxy groups -OCH3 is 1. The maximum absolute atomic E-state index is 13.0. The number of aromatic nitrogens is 1. The number of para-hydroxylation sites is 1. The largest absolute Gasteiger partial charge is 0.497 e. The van der Waals surface area contributed by atoms with Crippen LogP contribution in [0, 0.1) is 0 Å². The van der Waals surface area contributed by atoms with Crippen LogP contribution in [0.1, 0.15) is 33.5 Å². The summed E-state index contributed by atoms with van der Waals surface area (Å²) in [6, 6.07) is 10.1. The van der Waals surface area contributed by atoms with Gasteiger partial charge in [-0.1, -0.05) is 18.2 Å². The van der Waals surface area contributed by atoms with Gasteiger partial charge in [-0.05, 0) is 13.0 Å². The lowest BCUT2D eigenvalue weighted by molar-refractivity contribution is 0.0638. The standard InChI is InChI=1S/C18H18N2O5/c1-11-10-25-16-6-4-3-5-12(16)9-20(11)17(21)14-7-13(24-2)8-15(19-14)18(22)23/h3-8,11H,9-10H2,1-2H3,(H,22,23).